The van der Waals surface area contributed by atoms with Gasteiger partial charge in [0, 0.05) is 0 Å². The number of hydrogen-bond acceptors (Lipinski definition) is 2. The van der Waals surface area contributed by atoms with Gasteiger partial charge in [0.25, 0.3) is 0 Å². The van der Waals surface area contributed by atoms with Gasteiger partial charge in [-0.05, 0) is 6.92 Å². The molecule has 0 bridgehead atoms. The van der Waals surface area contributed by atoms with Crippen LogP contribution in [0.25, 0.3) is 5.73 Å². The molecule has 0 amide bonds. The molecule has 0 fully saturated rings. The minimum absolute atomic E-state index is 0. The summed E-state index contributed by atoms with van der Waals surface area (Å²) in [5, 5.41) is 8.41. The molecule has 132 valence electrons. The summed E-state index contributed by atoms with van der Waals surface area (Å²) in [6.45, 7) is 14.3. The van der Waals surface area contributed by atoms with Crippen molar-refractivity contribution in [1.82, 2.24) is 0 Å². The molecule has 2 N–H and O–H groups in total. The largest absolute Gasteiger partial charge is 4.00 e. The van der Waals surface area contributed by atoms with Crippen LogP contribution in [0.3, 0.4) is 0 Å². The van der Waals surface area contributed by atoms with Crippen LogP contribution in [0, 0.1) is 27.7 Å². The fraction of sp³-hybridized carbons (Fsp3) is 0.588. The van der Waals surface area contributed by atoms with E-state index in [9.17, 15) is 0 Å². The van der Waals surface area contributed by atoms with E-state index in [1.807, 2.05) is 0 Å². The van der Waals surface area contributed by atoms with Gasteiger partial charge in [0.1, 0.15) is 6.61 Å². The van der Waals surface area contributed by atoms with Crippen LogP contribution in [-0.4, -0.2) is 23.9 Å². The number of allylic oxidation sites excluding steroid dienone is 1. The Kier molecular flexibility index (Phi) is 19.7. The summed E-state index contributed by atoms with van der Waals surface area (Å²) < 4.78 is 5.06. The number of aliphatic hydroxyl groups is 1. The topological polar surface area (TPSA) is 53.3 Å². The van der Waals surface area contributed by atoms with Crippen molar-refractivity contribution >= 4 is 0 Å². The van der Waals surface area contributed by atoms with Crippen LogP contribution in [0.1, 0.15) is 43.0 Å². The van der Waals surface area contributed by atoms with Crippen molar-refractivity contribution in [3.63, 3.8) is 0 Å². The standard InChI is InChI=1S/C9H13.C8H16NO2.2ClH.Zr/c1-6-5-7(2)9(4)8(6)3;1-7(11-5-4-10)6-8(2,3)9;;;/h5H,1-4H3;6,9-10H,4-5H2,1-3H3;2*1H;/q2*-1;;;+4/p-2. The monoisotopic (exact) mass is 439 g/mol. The Bertz CT molecular complexity index is 430. The minimum atomic E-state index is -0.598. The first kappa shape index (κ1) is 31.1. The summed E-state index contributed by atoms with van der Waals surface area (Å²) in [7, 11) is 0. The molecule has 0 aromatic heterocycles. The molecule has 0 saturated heterocycles. The van der Waals surface area contributed by atoms with Gasteiger partial charge in [0.15, 0.2) is 0 Å². The summed E-state index contributed by atoms with van der Waals surface area (Å²) in [6.07, 6.45) is 1.71. The number of nitrogens with one attached hydrogen (secondary N) is 1. The third kappa shape index (κ3) is 14.3. The van der Waals surface area contributed by atoms with E-state index in [1.165, 1.54) is 22.3 Å². The van der Waals surface area contributed by atoms with E-state index < -0.39 is 5.54 Å². The van der Waals surface area contributed by atoms with E-state index in [0.29, 0.717) is 12.4 Å². The Morgan fingerprint density at radius 2 is 1.78 bits per heavy atom. The zero-order chi connectivity index (χ0) is 15.9. The molecule has 1 aromatic carbocycles. The van der Waals surface area contributed by atoms with Gasteiger partial charge in [-0.1, -0.05) is 47.6 Å². The normalized spacial score (nSPS) is 10.4. The number of aryl methyl sites for hydroxylation is 2. The number of hydrogen-bond donors (Lipinski definition) is 1. The third-order valence-corrected chi connectivity index (χ3v) is 3.16. The maximum absolute atomic E-state index is 8.41. The van der Waals surface area contributed by atoms with Crippen molar-refractivity contribution in [3.8, 4) is 0 Å². The average Bonchev–Trinajstić information content (AvgIpc) is 2.52. The van der Waals surface area contributed by atoms with E-state index >= 15 is 0 Å². The second kappa shape index (κ2) is 14.6. The van der Waals surface area contributed by atoms with Crippen LogP contribution in [0.4, 0.5) is 0 Å². The zero-order valence-electron chi connectivity index (χ0n) is 15.2. The molecule has 1 rings (SSSR count). The molecular formula is C17H29Cl2NO2Zr. The summed E-state index contributed by atoms with van der Waals surface area (Å²) in [5.74, 6) is 0.694. The molecule has 0 spiro atoms. The van der Waals surface area contributed by atoms with Crippen LogP contribution < -0.4 is 24.8 Å². The number of halogens is 2. The van der Waals surface area contributed by atoms with Crippen LogP contribution in [0.15, 0.2) is 17.9 Å². The predicted molar refractivity (Wildman–Crippen MR) is 86.2 cm³/mol. The molecule has 0 radical (unpaired) electrons. The zero-order valence-corrected chi connectivity index (χ0v) is 19.2. The fourth-order valence-electron chi connectivity index (χ4n) is 1.89. The van der Waals surface area contributed by atoms with E-state index in [1.54, 1.807) is 26.8 Å². The molecule has 0 aliphatic rings. The van der Waals surface area contributed by atoms with Crippen molar-refractivity contribution in [2.45, 2.75) is 54.0 Å². The smallest absolute Gasteiger partial charge is 1.00 e. The third-order valence-electron chi connectivity index (χ3n) is 3.16. The molecule has 0 atom stereocenters. The molecule has 0 aliphatic carbocycles. The number of aliphatic hydroxyl groups excluding tert-OH is 1. The van der Waals surface area contributed by atoms with Gasteiger partial charge >= 0.3 is 26.2 Å². The molecule has 3 nitrogen and oxygen atoms in total. The SMILES string of the molecule is CC(=CC(C)(C)[NH-])OCCO.Cc1c[c-](C)c(C)c1C.[Cl-].[Cl-].[Zr+4]. The summed E-state index contributed by atoms with van der Waals surface area (Å²) in [4.78, 5) is 0. The van der Waals surface area contributed by atoms with Crippen molar-refractivity contribution in [2.75, 3.05) is 13.2 Å². The van der Waals surface area contributed by atoms with Crippen molar-refractivity contribution in [2.24, 2.45) is 0 Å². The van der Waals surface area contributed by atoms with Crippen LogP contribution >= 0.6 is 0 Å². The molecule has 0 unspecified atom stereocenters. The van der Waals surface area contributed by atoms with Gasteiger partial charge in [0.05, 0.1) is 12.4 Å². The second-order valence-electron chi connectivity index (χ2n) is 5.81. The number of ether oxygens (including phenoxy) is 1. The summed E-state index contributed by atoms with van der Waals surface area (Å²) in [5.41, 5.74) is 12.6. The van der Waals surface area contributed by atoms with E-state index in [-0.39, 0.29) is 57.6 Å². The summed E-state index contributed by atoms with van der Waals surface area (Å²) >= 11 is 0. The van der Waals surface area contributed by atoms with Crippen LogP contribution in [-0.2, 0) is 30.9 Å². The first-order chi connectivity index (χ1) is 9.08. The van der Waals surface area contributed by atoms with Gasteiger partial charge in [0.2, 0.25) is 0 Å². The summed E-state index contributed by atoms with van der Waals surface area (Å²) in [6, 6.07) is 2.24. The average molecular weight is 442 g/mol. The van der Waals surface area contributed by atoms with Gasteiger partial charge in [-0.2, -0.15) is 28.3 Å². The van der Waals surface area contributed by atoms with Crippen molar-refractivity contribution < 1.29 is 60.9 Å². The Labute approximate surface area is 173 Å². The van der Waals surface area contributed by atoms with Gasteiger partial charge < -0.3 is 40.4 Å². The van der Waals surface area contributed by atoms with Gasteiger partial charge in [-0.15, -0.1) is 5.54 Å². The van der Waals surface area contributed by atoms with Crippen molar-refractivity contribution in [3.05, 3.63) is 45.9 Å². The molecule has 0 aliphatic heterocycles. The first-order valence-corrected chi connectivity index (χ1v) is 6.96. The molecule has 0 saturated carbocycles. The van der Waals surface area contributed by atoms with Crippen LogP contribution in [0.2, 0.25) is 0 Å². The van der Waals surface area contributed by atoms with Gasteiger partial charge in [-0.25, -0.2) is 0 Å². The molecule has 23 heavy (non-hydrogen) atoms. The molecule has 1 aromatic rings. The fourth-order valence-corrected chi connectivity index (χ4v) is 1.89. The Morgan fingerprint density at radius 3 is 2.00 bits per heavy atom. The van der Waals surface area contributed by atoms with Crippen LogP contribution in [0.5, 0.6) is 0 Å². The number of rotatable bonds is 4. The first-order valence-electron chi connectivity index (χ1n) is 6.96. The van der Waals surface area contributed by atoms with E-state index in [2.05, 4.69) is 33.8 Å². The van der Waals surface area contributed by atoms with E-state index in [0.717, 1.165) is 0 Å². The molecule has 0 heterocycles. The quantitative estimate of drug-likeness (QED) is 0.451. The Morgan fingerprint density at radius 1 is 1.30 bits per heavy atom. The maximum atomic E-state index is 8.41. The van der Waals surface area contributed by atoms with Gasteiger partial charge in [-0.3, -0.25) is 0 Å². The minimum Gasteiger partial charge on any atom is -1.00 e. The Balaban J connectivity index is -0.000000140. The molecular weight excluding hydrogens is 412 g/mol. The molecule has 6 heteroatoms. The van der Waals surface area contributed by atoms with Crippen molar-refractivity contribution in [1.29, 1.82) is 0 Å². The van der Waals surface area contributed by atoms with E-state index in [4.69, 9.17) is 15.6 Å². The predicted octanol–water partition coefficient (Wildman–Crippen LogP) is -1.63. The maximum Gasteiger partial charge on any atom is 4.00 e. The Hall–Kier alpha value is 0.273. The second-order valence-corrected chi connectivity index (χ2v) is 5.81.